The van der Waals surface area contributed by atoms with Crippen molar-refractivity contribution >= 4 is 33.8 Å². The van der Waals surface area contributed by atoms with Crippen LogP contribution in [0.15, 0.2) is 163 Å². The van der Waals surface area contributed by atoms with Crippen molar-refractivity contribution in [2.75, 3.05) is 4.90 Å². The van der Waals surface area contributed by atoms with Crippen molar-refractivity contribution < 1.29 is 0 Å². The van der Waals surface area contributed by atoms with Crippen LogP contribution in [0, 0.1) is 17.8 Å². The van der Waals surface area contributed by atoms with Gasteiger partial charge in [-0.15, -0.1) is 0 Å². The van der Waals surface area contributed by atoms with Gasteiger partial charge in [-0.25, -0.2) is 0 Å². The third-order valence-corrected chi connectivity index (χ3v) is 14.5. The minimum absolute atomic E-state index is 0.0418. The maximum atomic E-state index is 2.56. The van der Waals surface area contributed by atoms with E-state index in [0.717, 1.165) is 6.42 Å². The van der Waals surface area contributed by atoms with Crippen molar-refractivity contribution in [2.45, 2.75) is 64.2 Å². The van der Waals surface area contributed by atoms with Gasteiger partial charge in [0.15, 0.2) is 0 Å². The lowest BCUT2D eigenvalue weighted by Crippen LogP contribution is -2.24. The molecule has 0 spiro atoms. The second kappa shape index (κ2) is 11.7. The third kappa shape index (κ3) is 4.55. The molecule has 1 nitrogen and oxygen atoms in total. The fraction of sp³-hybridized carbons (Fsp3) is 0.236. The average Bonchev–Trinajstić information content (AvgIpc) is 3.70. The van der Waals surface area contributed by atoms with E-state index in [2.05, 4.69) is 204 Å². The van der Waals surface area contributed by atoms with E-state index < -0.39 is 0 Å². The SMILES string of the molecule is CC1(C)C2=CC3C=CC=CC3C(c3ccc(N(c4ccc5c(c4)C(C)(C)c4ccccc4-5)c4ccc5c(c4)C(C)(C)C4CC=CC=C54)cc3)=C2c2ccccc21. The average molecular weight is 724 g/mol. The molecule has 3 unspecified atom stereocenters. The number of fused-ring (bicyclic) bond motifs is 10. The molecule has 0 aromatic heterocycles. The van der Waals surface area contributed by atoms with E-state index >= 15 is 0 Å². The first-order valence-electron chi connectivity index (χ1n) is 20.6. The van der Waals surface area contributed by atoms with Crippen LogP contribution in [0.2, 0.25) is 0 Å². The summed E-state index contributed by atoms with van der Waals surface area (Å²) in [4.78, 5) is 2.51. The maximum absolute atomic E-state index is 2.56. The van der Waals surface area contributed by atoms with E-state index in [0.29, 0.717) is 17.8 Å². The highest BCUT2D eigenvalue weighted by Gasteiger charge is 2.45. The van der Waals surface area contributed by atoms with Crippen LogP contribution in [-0.4, -0.2) is 0 Å². The van der Waals surface area contributed by atoms with Crippen LogP contribution in [-0.2, 0) is 16.2 Å². The van der Waals surface area contributed by atoms with E-state index in [1.165, 1.54) is 89.4 Å². The van der Waals surface area contributed by atoms with Crippen molar-refractivity contribution in [3.63, 3.8) is 0 Å². The van der Waals surface area contributed by atoms with Gasteiger partial charge in [0.2, 0.25) is 0 Å². The lowest BCUT2D eigenvalue weighted by Gasteiger charge is -2.35. The Kier molecular flexibility index (Phi) is 7.02. The number of hydrogen-bond donors (Lipinski definition) is 0. The van der Waals surface area contributed by atoms with Crippen molar-refractivity contribution in [1.29, 1.82) is 0 Å². The monoisotopic (exact) mass is 723 g/mol. The quantitative estimate of drug-likeness (QED) is 0.178. The van der Waals surface area contributed by atoms with Gasteiger partial charge in [-0.2, -0.15) is 0 Å². The first-order chi connectivity index (χ1) is 27.0. The van der Waals surface area contributed by atoms with Gasteiger partial charge in [-0.3, -0.25) is 0 Å². The Morgan fingerprint density at radius 1 is 0.554 bits per heavy atom. The van der Waals surface area contributed by atoms with Crippen LogP contribution in [0.1, 0.15) is 86.9 Å². The highest BCUT2D eigenvalue weighted by molar-refractivity contribution is 6.06. The molecule has 0 saturated heterocycles. The number of allylic oxidation sites excluding steroid dienone is 12. The summed E-state index contributed by atoms with van der Waals surface area (Å²) >= 11 is 0. The molecule has 0 radical (unpaired) electrons. The highest BCUT2D eigenvalue weighted by Crippen LogP contribution is 2.59. The van der Waals surface area contributed by atoms with Crippen LogP contribution in [0.3, 0.4) is 0 Å². The molecule has 0 amide bonds. The van der Waals surface area contributed by atoms with Crippen LogP contribution in [0.25, 0.3) is 27.8 Å². The molecule has 0 aliphatic heterocycles. The van der Waals surface area contributed by atoms with Gasteiger partial charge in [0, 0.05) is 39.7 Å². The first-order valence-corrected chi connectivity index (χ1v) is 20.6. The molecule has 0 fully saturated rings. The van der Waals surface area contributed by atoms with Gasteiger partial charge in [0.25, 0.3) is 0 Å². The number of anilines is 3. The zero-order valence-electron chi connectivity index (χ0n) is 33.4. The molecule has 5 aromatic rings. The lowest BCUT2D eigenvalue weighted by molar-refractivity contribution is 0.415. The number of benzene rings is 5. The molecule has 1 heteroatoms. The number of rotatable bonds is 4. The predicted octanol–water partition coefficient (Wildman–Crippen LogP) is 14.2. The third-order valence-electron chi connectivity index (χ3n) is 14.5. The van der Waals surface area contributed by atoms with E-state index in [1.54, 1.807) is 0 Å². The Hall–Kier alpha value is -5.66. The molecule has 3 atom stereocenters. The van der Waals surface area contributed by atoms with Gasteiger partial charge in [-0.1, -0.05) is 163 Å². The predicted molar refractivity (Wildman–Crippen MR) is 237 cm³/mol. The van der Waals surface area contributed by atoms with Gasteiger partial charge >= 0.3 is 0 Å². The molecule has 274 valence electrons. The largest absolute Gasteiger partial charge is 0.310 e. The summed E-state index contributed by atoms with van der Waals surface area (Å²) in [5.41, 5.74) is 21.8. The Labute approximate surface area is 332 Å². The second-order valence-corrected chi connectivity index (χ2v) is 18.5. The van der Waals surface area contributed by atoms with E-state index in [-0.39, 0.29) is 16.2 Å². The first kappa shape index (κ1) is 33.7. The summed E-state index contributed by atoms with van der Waals surface area (Å²) in [6, 6.07) is 42.1. The van der Waals surface area contributed by atoms with Crippen LogP contribution in [0.5, 0.6) is 0 Å². The normalized spacial score (nSPS) is 23.3. The molecule has 5 aromatic carbocycles. The van der Waals surface area contributed by atoms with Crippen molar-refractivity contribution in [3.05, 3.63) is 202 Å². The summed E-state index contributed by atoms with van der Waals surface area (Å²) < 4.78 is 0. The standard InChI is InChI=1S/C55H49N/c1-53(2)45-20-12-9-17-40(45)42-29-27-37(32-48(42)53)56(38-28-30-43-41-18-10-13-21-46(41)54(3,4)49(43)33-38)36-25-23-34(24-26-36)51-39-16-8-7-15-35(39)31-50-52(51)44-19-11-14-22-47(44)55(50,5)6/h7-20,22-33,35,39,46H,21H2,1-6H3. The Morgan fingerprint density at radius 3 is 1.95 bits per heavy atom. The molecule has 0 saturated carbocycles. The van der Waals surface area contributed by atoms with E-state index in [1.807, 2.05) is 0 Å². The zero-order chi connectivity index (χ0) is 38.1. The number of hydrogen-bond acceptors (Lipinski definition) is 1. The molecule has 6 aliphatic rings. The van der Waals surface area contributed by atoms with Crippen molar-refractivity contribution in [1.82, 2.24) is 0 Å². The van der Waals surface area contributed by atoms with Gasteiger partial charge in [-0.05, 0) is 127 Å². The van der Waals surface area contributed by atoms with Crippen LogP contribution < -0.4 is 4.90 Å². The van der Waals surface area contributed by atoms with Crippen molar-refractivity contribution in [2.24, 2.45) is 17.8 Å². The summed E-state index contributed by atoms with van der Waals surface area (Å²) in [6.45, 7) is 14.5. The van der Waals surface area contributed by atoms with Gasteiger partial charge < -0.3 is 4.90 Å². The molecular formula is C55H49N. The fourth-order valence-electron chi connectivity index (χ4n) is 11.5. The minimum Gasteiger partial charge on any atom is -0.310 e. The minimum atomic E-state index is -0.0868. The number of nitrogens with zero attached hydrogens (tertiary/aromatic N) is 1. The summed E-state index contributed by atoms with van der Waals surface area (Å²) in [7, 11) is 0. The Balaban J connectivity index is 1.08. The second-order valence-electron chi connectivity index (χ2n) is 18.5. The summed E-state index contributed by atoms with van der Waals surface area (Å²) in [6.07, 6.45) is 19.9. The topological polar surface area (TPSA) is 3.24 Å². The maximum Gasteiger partial charge on any atom is 0.0465 e. The van der Waals surface area contributed by atoms with E-state index in [9.17, 15) is 0 Å². The van der Waals surface area contributed by atoms with Gasteiger partial charge in [0.1, 0.15) is 0 Å². The van der Waals surface area contributed by atoms with E-state index in [4.69, 9.17) is 0 Å². The molecule has 0 heterocycles. The molecule has 56 heavy (non-hydrogen) atoms. The molecule has 6 aliphatic carbocycles. The fourth-order valence-corrected chi connectivity index (χ4v) is 11.5. The summed E-state index contributed by atoms with van der Waals surface area (Å²) in [5, 5.41) is 0. The molecular weight excluding hydrogens is 675 g/mol. The van der Waals surface area contributed by atoms with Crippen LogP contribution >= 0.6 is 0 Å². The van der Waals surface area contributed by atoms with Crippen LogP contribution in [0.4, 0.5) is 17.1 Å². The molecule has 0 bridgehead atoms. The zero-order valence-corrected chi connectivity index (χ0v) is 33.4. The molecule has 11 rings (SSSR count). The Bertz CT molecular complexity index is 2700. The molecule has 0 N–H and O–H groups in total. The van der Waals surface area contributed by atoms with Gasteiger partial charge in [0.05, 0.1) is 0 Å². The highest BCUT2D eigenvalue weighted by atomic mass is 15.1. The smallest absolute Gasteiger partial charge is 0.0465 e. The lowest BCUT2D eigenvalue weighted by atomic mass is 9.69. The van der Waals surface area contributed by atoms with Crippen molar-refractivity contribution in [3.8, 4) is 11.1 Å². The summed E-state index contributed by atoms with van der Waals surface area (Å²) in [5.74, 6) is 1.16. The Morgan fingerprint density at radius 2 is 1.18 bits per heavy atom.